The Labute approximate surface area is 52.0 Å². The molecule has 0 aromatic heterocycles. The molecular formula is H8CrO4Si2. The van der Waals surface area contributed by atoms with Gasteiger partial charge in [0.25, 0.3) is 0 Å². The summed E-state index contributed by atoms with van der Waals surface area (Å²) in [5.41, 5.74) is 0. The first-order valence-electron chi connectivity index (χ1n) is 0.698. The zero-order valence-electron chi connectivity index (χ0n) is 4.12. The average Bonchev–Trinajstić information content (AvgIpc) is 0.722. The van der Waals surface area contributed by atoms with Crippen molar-refractivity contribution in [2.24, 2.45) is 0 Å². The van der Waals surface area contributed by atoms with E-state index in [4.69, 9.17) is 15.9 Å². The van der Waals surface area contributed by atoms with E-state index < -0.39 is 13.6 Å². The van der Waals surface area contributed by atoms with Gasteiger partial charge in [0.2, 0.25) is 0 Å². The molecule has 0 aliphatic carbocycles. The largest absolute Gasteiger partial charge is 0.0125 e. The van der Waals surface area contributed by atoms with Crippen molar-refractivity contribution in [3.8, 4) is 0 Å². The van der Waals surface area contributed by atoms with E-state index in [1.165, 1.54) is 0 Å². The van der Waals surface area contributed by atoms with Crippen LogP contribution in [0.25, 0.3) is 0 Å². The van der Waals surface area contributed by atoms with Crippen molar-refractivity contribution in [2.45, 2.75) is 0 Å². The van der Waals surface area contributed by atoms with Crippen molar-refractivity contribution < 1.29 is 29.5 Å². The van der Waals surface area contributed by atoms with E-state index in [9.17, 15) is 0 Å². The number of hydrogen-bond acceptors (Lipinski definition) is 2. The molecule has 0 amide bonds. The normalized spacial score (nSPS) is 8.29. The van der Waals surface area contributed by atoms with Crippen LogP contribution in [0.2, 0.25) is 0 Å². The Morgan fingerprint density at radius 1 is 1.00 bits per heavy atom. The van der Waals surface area contributed by atoms with Crippen LogP contribution < -0.4 is 0 Å². The van der Waals surface area contributed by atoms with Crippen molar-refractivity contribution in [3.63, 3.8) is 0 Å². The van der Waals surface area contributed by atoms with Crippen LogP contribution >= 0.6 is 0 Å². The molecule has 0 aromatic rings. The maximum Gasteiger partial charge on any atom is -0.0125 e. The van der Waals surface area contributed by atoms with Crippen LogP contribution in [0.1, 0.15) is 0 Å². The van der Waals surface area contributed by atoms with Gasteiger partial charge < -0.3 is 0 Å². The van der Waals surface area contributed by atoms with E-state index in [1.54, 1.807) is 0 Å². The van der Waals surface area contributed by atoms with Gasteiger partial charge in [0.05, 0.1) is 0 Å². The summed E-state index contributed by atoms with van der Waals surface area (Å²) >= 11 is -5.25. The molecule has 0 heterocycles. The first-order chi connectivity index (χ1) is 2.00. The molecule has 0 aromatic carbocycles. The standard InChI is InChI=1S/Cr.2H2O.2O.2H3Si/h;2*1H2;;;2*1H3/q+2;;;;;;/p-2. The number of hydrogen-bond donors (Lipinski definition) is 2. The van der Waals surface area contributed by atoms with Gasteiger partial charge in [-0.25, -0.2) is 0 Å². The fourth-order valence-corrected chi connectivity index (χ4v) is 0. The van der Waals surface area contributed by atoms with Crippen molar-refractivity contribution >= 4 is 21.9 Å². The van der Waals surface area contributed by atoms with Crippen LogP contribution in [0.15, 0.2) is 0 Å². The second-order valence-electron chi connectivity index (χ2n) is 0.448. The van der Waals surface area contributed by atoms with Gasteiger partial charge >= 0.3 is 29.5 Å². The van der Waals surface area contributed by atoms with Crippen molar-refractivity contribution in [3.05, 3.63) is 0 Å². The molecular weight excluding hydrogens is 172 g/mol. The number of rotatable bonds is 0. The zero-order chi connectivity index (χ0) is 4.50. The Bertz CT molecular complexity index is 92.9. The molecule has 0 aliphatic heterocycles. The summed E-state index contributed by atoms with van der Waals surface area (Å²) in [5.74, 6) is 0. The Morgan fingerprint density at radius 3 is 1.00 bits per heavy atom. The minimum Gasteiger partial charge on any atom is -0.0125 e. The van der Waals surface area contributed by atoms with Gasteiger partial charge in [-0.1, -0.05) is 0 Å². The molecule has 0 atom stereocenters. The fourth-order valence-electron chi connectivity index (χ4n) is 0. The van der Waals surface area contributed by atoms with Crippen LogP contribution in [-0.4, -0.2) is 30.2 Å². The zero-order valence-corrected chi connectivity index (χ0v) is 9.39. The summed E-state index contributed by atoms with van der Waals surface area (Å²) in [5, 5.41) is 0. The van der Waals surface area contributed by atoms with Gasteiger partial charge in [0.15, 0.2) is 0 Å². The summed E-state index contributed by atoms with van der Waals surface area (Å²) in [6.07, 6.45) is 0. The van der Waals surface area contributed by atoms with Gasteiger partial charge in [-0.15, -0.1) is 0 Å². The maximum atomic E-state index is 8.82. The molecule has 0 fully saturated rings. The second kappa shape index (κ2) is 4.64. The van der Waals surface area contributed by atoms with Crippen molar-refractivity contribution in [1.82, 2.24) is 0 Å². The molecule has 2 radical (unpaired) electrons. The molecule has 0 bridgehead atoms. The van der Waals surface area contributed by atoms with Gasteiger partial charge in [0, 0.05) is 0 Å². The third kappa shape index (κ3) is 552. The van der Waals surface area contributed by atoms with Gasteiger partial charge in [-0.3, -0.25) is 0 Å². The first-order valence-corrected chi connectivity index (χ1v) is 2.88. The molecule has 0 saturated carbocycles. The summed E-state index contributed by atoms with van der Waals surface area (Å²) in [7, 11) is 0. The van der Waals surface area contributed by atoms with E-state index in [-0.39, 0.29) is 21.9 Å². The van der Waals surface area contributed by atoms with Crippen molar-refractivity contribution in [2.75, 3.05) is 0 Å². The second-order valence-corrected chi connectivity index (χ2v) is 1.85. The van der Waals surface area contributed by atoms with Crippen LogP contribution in [0.4, 0.5) is 0 Å². The molecule has 7 heteroatoms. The first kappa shape index (κ1) is 15.6. The van der Waals surface area contributed by atoms with E-state index in [2.05, 4.69) is 0 Å². The third-order valence-electron chi connectivity index (χ3n) is 0. The quantitative estimate of drug-likeness (QED) is 0.376. The SMILES string of the molecule is [O]=[Cr](=[O])([OH])[OH].[SiH3].[SiH3]. The Kier molecular flexibility index (Phi) is 10.4. The Morgan fingerprint density at radius 2 is 1.00 bits per heavy atom. The molecule has 0 aliphatic rings. The van der Waals surface area contributed by atoms with Crippen LogP contribution in [0.5, 0.6) is 0 Å². The molecule has 0 unspecified atom stereocenters. The van der Waals surface area contributed by atoms with Crippen LogP contribution in [-0.2, 0) is 21.2 Å². The molecule has 7 heavy (non-hydrogen) atoms. The maximum absolute atomic E-state index is 8.82. The van der Waals surface area contributed by atoms with E-state index >= 15 is 0 Å². The van der Waals surface area contributed by atoms with Gasteiger partial charge in [-0.2, -0.15) is 0 Å². The van der Waals surface area contributed by atoms with E-state index in [1.807, 2.05) is 0 Å². The minimum absolute atomic E-state index is 0. The van der Waals surface area contributed by atoms with E-state index in [0.717, 1.165) is 0 Å². The predicted octanol–water partition coefficient (Wildman–Crippen LogP) is -3.72. The van der Waals surface area contributed by atoms with Gasteiger partial charge in [0.1, 0.15) is 0 Å². The third-order valence-corrected chi connectivity index (χ3v) is 0. The molecule has 2 N–H and O–H groups in total. The van der Waals surface area contributed by atoms with Crippen molar-refractivity contribution in [1.29, 1.82) is 0 Å². The van der Waals surface area contributed by atoms with Crippen LogP contribution in [0.3, 0.4) is 0 Å². The monoisotopic (exact) mass is 180 g/mol. The van der Waals surface area contributed by atoms with E-state index in [0.29, 0.717) is 0 Å². The fraction of sp³-hybridized carbons (Fsp3) is 0. The summed E-state index contributed by atoms with van der Waals surface area (Å²) in [6.45, 7) is 0. The van der Waals surface area contributed by atoms with Gasteiger partial charge in [-0.05, 0) is 21.9 Å². The molecule has 0 saturated heterocycles. The topological polar surface area (TPSA) is 74.6 Å². The minimum atomic E-state index is -5.25. The average molecular weight is 180 g/mol. The predicted molar refractivity (Wildman–Crippen MR) is 25.7 cm³/mol. The smallest absolute Gasteiger partial charge is 0.0125 e. The molecule has 0 rings (SSSR count). The molecule has 46 valence electrons. The molecule has 0 spiro atoms. The summed E-state index contributed by atoms with van der Waals surface area (Å²) in [6, 6.07) is 0. The Balaban J connectivity index is -0.0000000800. The Hall–Kier alpha value is 0.486. The summed E-state index contributed by atoms with van der Waals surface area (Å²) in [4.78, 5) is 0. The van der Waals surface area contributed by atoms with Crippen LogP contribution in [0, 0.1) is 0 Å². The summed E-state index contributed by atoms with van der Waals surface area (Å²) < 4.78 is 31.9. The molecule has 4 nitrogen and oxygen atoms in total.